The zero-order valence-electron chi connectivity index (χ0n) is 7.55. The van der Waals surface area contributed by atoms with Crippen LogP contribution in [0.25, 0.3) is 0 Å². The first-order valence-electron chi connectivity index (χ1n) is 3.03. The number of para-hydroxylation sites is 1. The second-order valence-corrected chi connectivity index (χ2v) is 2.23. The molecular weight excluding hydrogens is 243 g/mol. The fraction of sp³-hybridized carbons (Fsp3) is 0.250. The molecule has 1 rings (SSSR count). The molecule has 0 aromatic heterocycles. The van der Waals surface area contributed by atoms with Crippen LogP contribution in [-0.4, -0.2) is 31.5 Å². The zero-order valence-corrected chi connectivity index (χ0v) is 11.0. The average molecular weight is 255 g/mol. The summed E-state index contributed by atoms with van der Waals surface area (Å²) in [7, 11) is 4.07. The summed E-state index contributed by atoms with van der Waals surface area (Å²) in [6.07, 6.45) is 0. The molecule has 0 aliphatic heterocycles. The summed E-state index contributed by atoms with van der Waals surface area (Å²) in [6.45, 7) is 0. The van der Waals surface area contributed by atoms with Crippen molar-refractivity contribution in [3.8, 4) is 0 Å². The quantitative estimate of drug-likeness (QED) is 0.450. The van der Waals surface area contributed by atoms with Crippen LogP contribution in [0.15, 0.2) is 30.3 Å². The third-order valence-corrected chi connectivity index (χ3v) is 1.27. The third-order valence-electron chi connectivity index (χ3n) is 1.27. The summed E-state index contributed by atoms with van der Waals surface area (Å²) in [5, 5.41) is 0. The predicted molar refractivity (Wildman–Crippen MR) is 46.5 cm³/mol. The van der Waals surface area contributed by atoms with Gasteiger partial charge in [-0.3, -0.25) is 0 Å². The smallest absolute Gasteiger partial charge is 1.00 e. The predicted octanol–water partition coefficient (Wildman–Crippen LogP) is -7.62. The SMILES string of the molecule is CN(C)c1ccccc1.[Al+3].[Cl-].[Cl-].[Cl-]. The fourth-order valence-electron chi connectivity index (χ4n) is 0.726. The molecule has 1 aromatic carbocycles. The molecule has 0 aliphatic rings. The summed E-state index contributed by atoms with van der Waals surface area (Å²) >= 11 is 0. The van der Waals surface area contributed by atoms with Gasteiger partial charge in [-0.05, 0) is 12.1 Å². The summed E-state index contributed by atoms with van der Waals surface area (Å²) < 4.78 is 0. The normalized spacial score (nSPS) is 6.31. The summed E-state index contributed by atoms with van der Waals surface area (Å²) in [4.78, 5) is 2.08. The molecule has 0 saturated carbocycles. The molecule has 1 nitrogen and oxygen atoms in total. The minimum absolute atomic E-state index is 0. The third kappa shape index (κ3) is 8.74. The Balaban J connectivity index is -0.000000101. The topological polar surface area (TPSA) is 3.24 Å². The van der Waals surface area contributed by atoms with E-state index in [1.165, 1.54) is 5.69 Å². The first-order valence-corrected chi connectivity index (χ1v) is 3.03. The van der Waals surface area contributed by atoms with E-state index < -0.39 is 0 Å². The van der Waals surface area contributed by atoms with E-state index >= 15 is 0 Å². The van der Waals surface area contributed by atoms with Gasteiger partial charge in [0, 0.05) is 19.8 Å². The molecule has 0 aliphatic carbocycles. The molecule has 1 aromatic rings. The van der Waals surface area contributed by atoms with Gasteiger partial charge in [0.15, 0.2) is 0 Å². The Bertz CT molecular complexity index is 182. The molecule has 0 unspecified atom stereocenters. The largest absolute Gasteiger partial charge is 3.00 e. The van der Waals surface area contributed by atoms with Gasteiger partial charge in [0.25, 0.3) is 0 Å². The van der Waals surface area contributed by atoms with Gasteiger partial charge in [-0.25, -0.2) is 0 Å². The number of nitrogens with zero attached hydrogens (tertiary/aromatic N) is 1. The summed E-state index contributed by atoms with van der Waals surface area (Å²) in [5.41, 5.74) is 1.25. The van der Waals surface area contributed by atoms with Gasteiger partial charge < -0.3 is 42.1 Å². The molecule has 5 heteroatoms. The van der Waals surface area contributed by atoms with E-state index in [4.69, 9.17) is 0 Å². The number of hydrogen-bond acceptors (Lipinski definition) is 1. The van der Waals surface area contributed by atoms with E-state index in [0.29, 0.717) is 0 Å². The number of halogens is 3. The monoisotopic (exact) mass is 253 g/mol. The van der Waals surface area contributed by atoms with Crippen LogP contribution in [0.1, 0.15) is 0 Å². The van der Waals surface area contributed by atoms with Gasteiger partial charge in [-0.2, -0.15) is 0 Å². The second kappa shape index (κ2) is 12.4. The number of anilines is 1. The van der Waals surface area contributed by atoms with Crippen LogP contribution in [0.3, 0.4) is 0 Å². The second-order valence-electron chi connectivity index (χ2n) is 2.23. The molecule has 0 N–H and O–H groups in total. The minimum Gasteiger partial charge on any atom is -1.00 e. The van der Waals surface area contributed by atoms with Crippen molar-refractivity contribution in [3.05, 3.63) is 30.3 Å². The molecule has 0 atom stereocenters. The van der Waals surface area contributed by atoms with Crippen LogP contribution in [-0.2, 0) is 0 Å². The van der Waals surface area contributed by atoms with Crippen LogP contribution in [0, 0.1) is 0 Å². The summed E-state index contributed by atoms with van der Waals surface area (Å²) in [6, 6.07) is 10.3. The van der Waals surface area contributed by atoms with E-state index in [1.54, 1.807) is 0 Å². The van der Waals surface area contributed by atoms with Crippen molar-refractivity contribution < 1.29 is 37.2 Å². The molecule has 0 fully saturated rings. The van der Waals surface area contributed by atoms with Crippen LogP contribution in [0.4, 0.5) is 5.69 Å². The Morgan fingerprint density at radius 1 is 0.846 bits per heavy atom. The Labute approximate surface area is 109 Å². The zero-order chi connectivity index (χ0) is 6.69. The Kier molecular flexibility index (Phi) is 22.3. The Hall–Kier alpha value is 0.422. The van der Waals surface area contributed by atoms with E-state index in [2.05, 4.69) is 17.0 Å². The average Bonchev–Trinajstić information content (AvgIpc) is 1.90. The van der Waals surface area contributed by atoms with Crippen molar-refractivity contribution >= 4 is 23.0 Å². The van der Waals surface area contributed by atoms with E-state index in [0.717, 1.165) is 0 Å². The van der Waals surface area contributed by atoms with E-state index in [1.807, 2.05) is 32.3 Å². The first-order chi connectivity index (χ1) is 4.30. The van der Waals surface area contributed by atoms with Crippen molar-refractivity contribution in [2.45, 2.75) is 0 Å². The van der Waals surface area contributed by atoms with Crippen LogP contribution < -0.4 is 42.1 Å². The minimum atomic E-state index is 0. The first kappa shape index (κ1) is 23.3. The van der Waals surface area contributed by atoms with Crippen LogP contribution in [0.2, 0.25) is 0 Å². The number of benzene rings is 1. The maximum absolute atomic E-state index is 2.08. The number of hydrogen-bond donors (Lipinski definition) is 0. The summed E-state index contributed by atoms with van der Waals surface area (Å²) in [5.74, 6) is 0. The van der Waals surface area contributed by atoms with Gasteiger partial charge in [-0.1, -0.05) is 18.2 Å². The molecular formula is C8H11AlCl3N. The Morgan fingerprint density at radius 3 is 1.46 bits per heavy atom. The van der Waals surface area contributed by atoms with Gasteiger partial charge in [-0.15, -0.1) is 0 Å². The fourth-order valence-corrected chi connectivity index (χ4v) is 0.726. The molecule has 72 valence electrons. The van der Waals surface area contributed by atoms with E-state index in [9.17, 15) is 0 Å². The molecule has 0 heterocycles. The van der Waals surface area contributed by atoms with Gasteiger partial charge in [0.1, 0.15) is 0 Å². The van der Waals surface area contributed by atoms with Gasteiger partial charge in [0.05, 0.1) is 0 Å². The molecule has 0 spiro atoms. The molecule has 13 heavy (non-hydrogen) atoms. The van der Waals surface area contributed by atoms with Crippen molar-refractivity contribution in [1.82, 2.24) is 0 Å². The maximum atomic E-state index is 2.08. The van der Waals surface area contributed by atoms with Crippen molar-refractivity contribution in [2.75, 3.05) is 19.0 Å². The molecule has 0 bridgehead atoms. The molecule has 0 radical (unpaired) electrons. The standard InChI is InChI=1S/C8H11N.Al.3ClH/c1-9(2)8-6-4-3-5-7-8;;;;/h3-7H,1-2H3;;3*1H/q;+3;;;/p-3. The van der Waals surface area contributed by atoms with Gasteiger partial charge >= 0.3 is 17.4 Å². The van der Waals surface area contributed by atoms with Crippen molar-refractivity contribution in [2.24, 2.45) is 0 Å². The van der Waals surface area contributed by atoms with Crippen molar-refractivity contribution in [1.29, 1.82) is 0 Å². The Morgan fingerprint density at radius 2 is 1.23 bits per heavy atom. The van der Waals surface area contributed by atoms with Crippen LogP contribution >= 0.6 is 0 Å². The molecule has 0 amide bonds. The molecule has 0 saturated heterocycles. The van der Waals surface area contributed by atoms with E-state index in [-0.39, 0.29) is 54.6 Å². The van der Waals surface area contributed by atoms with Gasteiger partial charge in [0.2, 0.25) is 0 Å². The number of rotatable bonds is 1. The van der Waals surface area contributed by atoms with Crippen molar-refractivity contribution in [3.63, 3.8) is 0 Å². The maximum Gasteiger partial charge on any atom is 3.00 e. The van der Waals surface area contributed by atoms with Crippen LogP contribution in [0.5, 0.6) is 0 Å².